The smallest absolute Gasteiger partial charge is 0.227 e. The summed E-state index contributed by atoms with van der Waals surface area (Å²) < 4.78 is 2.14. The highest BCUT2D eigenvalue weighted by Crippen LogP contribution is 2.35. The lowest BCUT2D eigenvalue weighted by Crippen LogP contribution is -2.23. The number of fused-ring (bicyclic) bond motifs is 1. The second kappa shape index (κ2) is 6.77. The van der Waals surface area contributed by atoms with E-state index < -0.39 is 0 Å². The molecular formula is C23H21N3O. The van der Waals surface area contributed by atoms with Crippen LogP contribution in [-0.2, 0) is 11.3 Å². The van der Waals surface area contributed by atoms with Gasteiger partial charge in [-0.15, -0.1) is 6.58 Å². The number of aryl methyl sites for hydroxylation is 1. The van der Waals surface area contributed by atoms with E-state index in [9.17, 15) is 10.1 Å². The van der Waals surface area contributed by atoms with Crippen molar-refractivity contribution in [2.75, 3.05) is 11.4 Å². The second-order valence-electron chi connectivity index (χ2n) is 6.95. The maximum atomic E-state index is 12.0. The van der Waals surface area contributed by atoms with Gasteiger partial charge in [-0.05, 0) is 42.7 Å². The summed E-state index contributed by atoms with van der Waals surface area (Å²) in [5.74, 6) is 0.178. The van der Waals surface area contributed by atoms with E-state index in [1.807, 2.05) is 47.4 Å². The van der Waals surface area contributed by atoms with Crippen molar-refractivity contribution in [3.05, 3.63) is 66.2 Å². The lowest BCUT2D eigenvalue weighted by molar-refractivity contribution is -0.117. The molecular weight excluding hydrogens is 334 g/mol. The predicted molar refractivity (Wildman–Crippen MR) is 109 cm³/mol. The van der Waals surface area contributed by atoms with Gasteiger partial charge in [0.05, 0.1) is 16.8 Å². The molecule has 0 unspecified atom stereocenters. The van der Waals surface area contributed by atoms with Gasteiger partial charge in [0.25, 0.3) is 0 Å². The summed E-state index contributed by atoms with van der Waals surface area (Å²) in [7, 11) is 0. The van der Waals surface area contributed by atoms with Crippen molar-refractivity contribution in [1.82, 2.24) is 4.57 Å². The number of carbonyl (C=O) groups excluding carboxylic acids is 1. The molecule has 3 aromatic rings. The summed E-state index contributed by atoms with van der Waals surface area (Å²) in [6, 6.07) is 16.5. The number of allylic oxidation sites excluding steroid dienone is 1. The van der Waals surface area contributed by atoms with Gasteiger partial charge in [-0.25, -0.2) is 0 Å². The molecule has 0 spiro atoms. The van der Waals surface area contributed by atoms with E-state index in [4.69, 9.17) is 0 Å². The normalized spacial score (nSPS) is 13.9. The van der Waals surface area contributed by atoms with Crippen LogP contribution < -0.4 is 4.90 Å². The molecule has 4 nitrogen and oxygen atoms in total. The topological polar surface area (TPSA) is 49.0 Å². The van der Waals surface area contributed by atoms with Crippen molar-refractivity contribution in [3.8, 4) is 17.3 Å². The van der Waals surface area contributed by atoms with Gasteiger partial charge in [0, 0.05) is 30.6 Å². The fraction of sp³-hybridized carbons (Fsp3) is 0.217. The van der Waals surface area contributed by atoms with Gasteiger partial charge in [-0.3, -0.25) is 4.79 Å². The molecule has 27 heavy (non-hydrogen) atoms. The molecule has 0 N–H and O–H groups in total. The minimum atomic E-state index is 0.178. The predicted octanol–water partition coefficient (Wildman–Crippen LogP) is 4.80. The van der Waals surface area contributed by atoms with Crippen LogP contribution in [0.3, 0.4) is 0 Å². The Bertz CT molecular complexity index is 1080. The Morgan fingerprint density at radius 1 is 1.22 bits per heavy atom. The Morgan fingerprint density at radius 2 is 2.00 bits per heavy atom. The zero-order valence-electron chi connectivity index (χ0n) is 15.4. The first kappa shape index (κ1) is 17.1. The van der Waals surface area contributed by atoms with Crippen LogP contribution in [0.1, 0.15) is 24.0 Å². The van der Waals surface area contributed by atoms with E-state index in [0.29, 0.717) is 18.5 Å². The van der Waals surface area contributed by atoms with Gasteiger partial charge in [-0.2, -0.15) is 5.26 Å². The fourth-order valence-corrected chi connectivity index (χ4v) is 3.91. The number of anilines is 1. The van der Waals surface area contributed by atoms with Gasteiger partial charge >= 0.3 is 0 Å². The third-order valence-corrected chi connectivity index (χ3v) is 5.17. The molecule has 0 atom stereocenters. The Hall–Kier alpha value is -3.32. The Balaban J connectivity index is 1.88. The minimum absolute atomic E-state index is 0.178. The molecule has 4 rings (SSSR count). The van der Waals surface area contributed by atoms with Gasteiger partial charge in [0.15, 0.2) is 0 Å². The van der Waals surface area contributed by atoms with Crippen molar-refractivity contribution < 1.29 is 4.79 Å². The Kier molecular flexibility index (Phi) is 4.29. The molecule has 1 aliphatic heterocycles. The largest absolute Gasteiger partial charge is 0.335 e. The van der Waals surface area contributed by atoms with Gasteiger partial charge in [-0.1, -0.05) is 30.3 Å². The molecule has 1 aliphatic rings. The molecule has 0 aliphatic carbocycles. The first-order valence-electron chi connectivity index (χ1n) is 9.18. The van der Waals surface area contributed by atoms with E-state index in [2.05, 4.69) is 30.2 Å². The highest BCUT2D eigenvalue weighted by Gasteiger charge is 2.22. The number of rotatable bonds is 4. The molecule has 0 saturated carbocycles. The first-order valence-corrected chi connectivity index (χ1v) is 9.18. The van der Waals surface area contributed by atoms with Crippen LogP contribution in [0.25, 0.3) is 22.2 Å². The third kappa shape index (κ3) is 2.82. The molecule has 2 aromatic carbocycles. The molecule has 1 amide bonds. The number of benzene rings is 2. The van der Waals surface area contributed by atoms with Crippen LogP contribution in [0.15, 0.2) is 55.1 Å². The SMILES string of the molecule is C=CCn1c(-c2ccc(N3CCCC3=O)cc2)c(C#N)c2ccc(C)cc21. The molecule has 1 saturated heterocycles. The quantitative estimate of drug-likeness (QED) is 0.631. The van der Waals surface area contributed by atoms with Crippen LogP contribution in [0.2, 0.25) is 0 Å². The Morgan fingerprint density at radius 3 is 2.63 bits per heavy atom. The number of nitriles is 1. The van der Waals surface area contributed by atoms with Crippen LogP contribution in [-0.4, -0.2) is 17.0 Å². The number of hydrogen-bond donors (Lipinski definition) is 0. The highest BCUT2D eigenvalue weighted by molar-refractivity contribution is 5.97. The number of carbonyl (C=O) groups is 1. The average molecular weight is 355 g/mol. The standard InChI is InChI=1S/C23H21N3O/c1-3-12-26-21-14-16(2)6-11-19(21)20(15-24)23(26)17-7-9-18(10-8-17)25-13-4-5-22(25)27/h3,6-11,14H,1,4-5,12-13H2,2H3. The lowest BCUT2D eigenvalue weighted by Gasteiger charge is -2.16. The summed E-state index contributed by atoms with van der Waals surface area (Å²) in [5.41, 5.74) is 5.67. The van der Waals surface area contributed by atoms with Crippen LogP contribution in [0, 0.1) is 18.3 Å². The molecule has 0 radical (unpaired) electrons. The summed E-state index contributed by atoms with van der Waals surface area (Å²) in [4.78, 5) is 13.8. The van der Waals surface area contributed by atoms with E-state index in [0.717, 1.165) is 46.4 Å². The molecule has 1 fully saturated rings. The molecule has 4 heteroatoms. The van der Waals surface area contributed by atoms with Crippen molar-refractivity contribution >= 4 is 22.5 Å². The van der Waals surface area contributed by atoms with Gasteiger partial charge < -0.3 is 9.47 Å². The average Bonchev–Trinajstić information content (AvgIpc) is 3.23. The zero-order valence-corrected chi connectivity index (χ0v) is 15.4. The van der Waals surface area contributed by atoms with Crippen molar-refractivity contribution in [3.63, 3.8) is 0 Å². The lowest BCUT2D eigenvalue weighted by atomic mass is 10.0. The number of aromatic nitrogens is 1. The second-order valence-corrected chi connectivity index (χ2v) is 6.95. The maximum Gasteiger partial charge on any atom is 0.227 e. The maximum absolute atomic E-state index is 12.0. The third-order valence-electron chi connectivity index (χ3n) is 5.17. The van der Waals surface area contributed by atoms with Crippen LogP contribution >= 0.6 is 0 Å². The summed E-state index contributed by atoms with van der Waals surface area (Å²) >= 11 is 0. The van der Waals surface area contributed by atoms with Gasteiger partial charge in [0.2, 0.25) is 5.91 Å². The fourth-order valence-electron chi connectivity index (χ4n) is 3.91. The van der Waals surface area contributed by atoms with Crippen molar-refractivity contribution in [2.45, 2.75) is 26.3 Å². The van der Waals surface area contributed by atoms with Crippen LogP contribution in [0.4, 0.5) is 5.69 Å². The highest BCUT2D eigenvalue weighted by atomic mass is 16.2. The van der Waals surface area contributed by atoms with E-state index >= 15 is 0 Å². The minimum Gasteiger partial charge on any atom is -0.335 e. The number of hydrogen-bond acceptors (Lipinski definition) is 2. The van der Waals surface area contributed by atoms with Crippen LogP contribution in [0.5, 0.6) is 0 Å². The molecule has 1 aromatic heterocycles. The van der Waals surface area contributed by atoms with Crippen molar-refractivity contribution in [2.24, 2.45) is 0 Å². The number of nitrogens with zero attached hydrogens (tertiary/aromatic N) is 3. The Labute approximate surface area is 158 Å². The molecule has 0 bridgehead atoms. The number of amides is 1. The van der Waals surface area contributed by atoms with E-state index in [1.54, 1.807) is 0 Å². The first-order chi connectivity index (χ1) is 13.1. The molecule has 134 valence electrons. The summed E-state index contributed by atoms with van der Waals surface area (Å²) in [6.07, 6.45) is 3.38. The van der Waals surface area contributed by atoms with E-state index in [-0.39, 0.29) is 5.91 Å². The zero-order chi connectivity index (χ0) is 19.0. The van der Waals surface area contributed by atoms with E-state index in [1.165, 1.54) is 0 Å². The monoisotopic (exact) mass is 355 g/mol. The molecule has 2 heterocycles. The van der Waals surface area contributed by atoms with Crippen molar-refractivity contribution in [1.29, 1.82) is 5.26 Å². The summed E-state index contributed by atoms with van der Waals surface area (Å²) in [6.45, 7) is 7.34. The van der Waals surface area contributed by atoms with Gasteiger partial charge in [0.1, 0.15) is 6.07 Å². The summed E-state index contributed by atoms with van der Waals surface area (Å²) in [5, 5.41) is 10.8.